The van der Waals surface area contributed by atoms with Gasteiger partial charge in [-0.05, 0) is 36.8 Å². The van der Waals surface area contributed by atoms with Crippen LogP contribution < -0.4 is 15.4 Å². The Morgan fingerprint density at radius 2 is 1.97 bits per heavy atom. The molecule has 8 nitrogen and oxygen atoms in total. The summed E-state index contributed by atoms with van der Waals surface area (Å²) in [6.45, 7) is 1.94. The summed E-state index contributed by atoms with van der Waals surface area (Å²) >= 11 is 6.05. The standard InChI is InChI=1S/C22H20ClF3N6O2/c1-3-6-16(20(33)27-2)29-21-28-15-8-5-4-7-13(15)19-30-18(31-32(19)21)14-11-12(23)9-10-17(14)34-22(24,25)26/h4-5,7-11,16H,3,6H2,1-2H3,(H,27,33)(H,28,29)/t16-/m1/s1. The van der Waals surface area contributed by atoms with E-state index in [2.05, 4.69) is 30.4 Å². The molecule has 2 N–H and O–H groups in total. The number of carbonyl (C=O) groups is 1. The summed E-state index contributed by atoms with van der Waals surface area (Å²) in [4.78, 5) is 21.4. The molecule has 0 aliphatic heterocycles. The highest BCUT2D eigenvalue weighted by molar-refractivity contribution is 6.30. The lowest BCUT2D eigenvalue weighted by Gasteiger charge is -2.17. The second-order valence-electron chi connectivity index (χ2n) is 7.41. The van der Waals surface area contributed by atoms with Crippen LogP contribution in [0.3, 0.4) is 0 Å². The average molecular weight is 493 g/mol. The van der Waals surface area contributed by atoms with Crippen LogP contribution in [-0.2, 0) is 4.79 Å². The lowest BCUT2D eigenvalue weighted by molar-refractivity contribution is -0.274. The van der Waals surface area contributed by atoms with Gasteiger partial charge in [-0.25, -0.2) is 9.97 Å². The summed E-state index contributed by atoms with van der Waals surface area (Å²) in [5.74, 6) is -0.556. The van der Waals surface area contributed by atoms with E-state index >= 15 is 0 Å². The summed E-state index contributed by atoms with van der Waals surface area (Å²) in [6, 6.07) is 10.2. The number of hydrogen-bond donors (Lipinski definition) is 2. The minimum atomic E-state index is -4.91. The number of carbonyl (C=O) groups excluding carboxylic acids is 1. The molecule has 1 atom stereocenters. The monoisotopic (exact) mass is 492 g/mol. The molecule has 0 aliphatic rings. The number of fused-ring (bicyclic) bond motifs is 3. The number of benzene rings is 2. The fourth-order valence-electron chi connectivity index (χ4n) is 3.54. The van der Waals surface area contributed by atoms with Gasteiger partial charge >= 0.3 is 6.36 Å². The normalized spacial score (nSPS) is 12.6. The van der Waals surface area contributed by atoms with E-state index in [0.29, 0.717) is 23.0 Å². The van der Waals surface area contributed by atoms with Crippen molar-refractivity contribution in [3.05, 3.63) is 47.5 Å². The summed E-state index contributed by atoms with van der Waals surface area (Å²) in [5, 5.41) is 10.9. The van der Waals surface area contributed by atoms with Crippen molar-refractivity contribution in [3.8, 4) is 17.1 Å². The van der Waals surface area contributed by atoms with Crippen LogP contribution in [0.4, 0.5) is 19.1 Å². The van der Waals surface area contributed by atoms with Gasteiger partial charge in [-0.15, -0.1) is 18.3 Å². The van der Waals surface area contributed by atoms with E-state index in [1.165, 1.54) is 23.7 Å². The van der Waals surface area contributed by atoms with Crippen molar-refractivity contribution in [1.82, 2.24) is 24.9 Å². The first-order chi connectivity index (χ1) is 16.2. The van der Waals surface area contributed by atoms with E-state index in [1.807, 2.05) is 6.92 Å². The van der Waals surface area contributed by atoms with Crippen LogP contribution in [0.1, 0.15) is 19.8 Å². The Morgan fingerprint density at radius 3 is 2.68 bits per heavy atom. The van der Waals surface area contributed by atoms with E-state index in [-0.39, 0.29) is 28.3 Å². The van der Waals surface area contributed by atoms with Crippen molar-refractivity contribution < 1.29 is 22.7 Å². The Bertz CT molecular complexity index is 1360. The topological polar surface area (TPSA) is 93.4 Å². The van der Waals surface area contributed by atoms with Gasteiger partial charge in [-0.1, -0.05) is 37.1 Å². The molecule has 0 bridgehead atoms. The first-order valence-electron chi connectivity index (χ1n) is 10.4. The van der Waals surface area contributed by atoms with Gasteiger partial charge in [0.2, 0.25) is 11.9 Å². The number of nitrogens with zero attached hydrogens (tertiary/aromatic N) is 4. The largest absolute Gasteiger partial charge is 0.573 e. The summed E-state index contributed by atoms with van der Waals surface area (Å²) in [7, 11) is 1.53. The SMILES string of the molecule is CCC[C@@H](Nc1nc2ccccc2c2nc(-c3cc(Cl)ccc3OC(F)(F)F)nn12)C(=O)NC. The van der Waals surface area contributed by atoms with E-state index in [1.54, 1.807) is 24.3 Å². The van der Waals surface area contributed by atoms with Crippen molar-refractivity contribution in [1.29, 1.82) is 0 Å². The fourth-order valence-corrected chi connectivity index (χ4v) is 3.71. The zero-order valence-electron chi connectivity index (χ0n) is 18.2. The van der Waals surface area contributed by atoms with Crippen molar-refractivity contribution in [2.24, 2.45) is 0 Å². The highest BCUT2D eigenvalue weighted by Gasteiger charge is 2.33. The first-order valence-corrected chi connectivity index (χ1v) is 10.8. The molecule has 4 aromatic rings. The van der Waals surface area contributed by atoms with Gasteiger partial charge in [0.1, 0.15) is 11.8 Å². The third kappa shape index (κ3) is 4.84. The first kappa shape index (κ1) is 23.6. The minimum Gasteiger partial charge on any atom is -0.405 e. The van der Waals surface area contributed by atoms with Crippen molar-refractivity contribution in [3.63, 3.8) is 0 Å². The van der Waals surface area contributed by atoms with Gasteiger partial charge in [-0.3, -0.25) is 4.79 Å². The number of anilines is 1. The number of alkyl halides is 3. The van der Waals surface area contributed by atoms with Crippen LogP contribution >= 0.6 is 11.6 Å². The van der Waals surface area contributed by atoms with E-state index in [9.17, 15) is 18.0 Å². The van der Waals surface area contributed by atoms with Gasteiger partial charge in [0.05, 0.1) is 11.1 Å². The molecule has 12 heteroatoms. The number of nitrogens with one attached hydrogen (secondary N) is 2. The highest BCUT2D eigenvalue weighted by atomic mass is 35.5. The zero-order valence-corrected chi connectivity index (χ0v) is 18.9. The van der Waals surface area contributed by atoms with E-state index in [0.717, 1.165) is 12.5 Å². The van der Waals surface area contributed by atoms with Crippen LogP contribution in [0.2, 0.25) is 5.02 Å². The van der Waals surface area contributed by atoms with Gasteiger partial charge in [-0.2, -0.15) is 4.52 Å². The van der Waals surface area contributed by atoms with E-state index < -0.39 is 18.2 Å². The van der Waals surface area contributed by atoms with Crippen LogP contribution in [0, 0.1) is 0 Å². The zero-order chi connectivity index (χ0) is 24.5. The van der Waals surface area contributed by atoms with E-state index in [4.69, 9.17) is 11.6 Å². The maximum Gasteiger partial charge on any atom is 0.573 e. The Morgan fingerprint density at radius 1 is 1.21 bits per heavy atom. The maximum absolute atomic E-state index is 13.0. The molecule has 0 aliphatic carbocycles. The average Bonchev–Trinajstić information content (AvgIpc) is 3.24. The quantitative estimate of drug-likeness (QED) is 0.384. The van der Waals surface area contributed by atoms with Gasteiger partial charge in [0.15, 0.2) is 11.5 Å². The molecule has 4 rings (SSSR count). The number of amides is 1. The minimum absolute atomic E-state index is 0.0417. The van der Waals surface area contributed by atoms with Crippen LogP contribution in [0.25, 0.3) is 27.9 Å². The second-order valence-corrected chi connectivity index (χ2v) is 7.85. The maximum atomic E-state index is 13.0. The predicted octanol–water partition coefficient (Wildman–Crippen LogP) is 4.82. The highest BCUT2D eigenvalue weighted by Crippen LogP contribution is 2.35. The molecular weight excluding hydrogens is 473 g/mol. The Hall–Kier alpha value is -3.60. The molecule has 2 heterocycles. The summed E-state index contributed by atoms with van der Waals surface area (Å²) < 4.78 is 44.5. The molecule has 0 spiro atoms. The Balaban J connectivity index is 1.91. The number of halogens is 4. The number of likely N-dealkylation sites (N-methyl/N-ethyl adjacent to an activating group) is 1. The number of para-hydroxylation sites is 1. The lowest BCUT2D eigenvalue weighted by atomic mass is 10.1. The van der Waals surface area contributed by atoms with Crippen LogP contribution in [0.15, 0.2) is 42.5 Å². The molecule has 178 valence electrons. The third-order valence-electron chi connectivity index (χ3n) is 5.03. The lowest BCUT2D eigenvalue weighted by Crippen LogP contribution is -2.38. The number of aromatic nitrogens is 4. The predicted molar refractivity (Wildman–Crippen MR) is 122 cm³/mol. The molecule has 0 saturated heterocycles. The van der Waals surface area contributed by atoms with Crippen LogP contribution in [-0.4, -0.2) is 44.9 Å². The summed E-state index contributed by atoms with van der Waals surface area (Å²) in [5.41, 5.74) is 0.870. The number of hydrogen-bond acceptors (Lipinski definition) is 6. The van der Waals surface area contributed by atoms with Gasteiger partial charge in [0.25, 0.3) is 0 Å². The molecular formula is C22H20ClF3N6O2. The number of rotatable bonds is 7. The second kappa shape index (κ2) is 9.34. The van der Waals surface area contributed by atoms with Crippen molar-refractivity contribution in [2.45, 2.75) is 32.2 Å². The molecule has 2 aromatic carbocycles. The Kier molecular flexibility index (Phi) is 6.47. The van der Waals surface area contributed by atoms with Crippen molar-refractivity contribution >= 4 is 40.0 Å². The molecule has 34 heavy (non-hydrogen) atoms. The Labute approximate surface area is 197 Å². The fraction of sp³-hybridized carbons (Fsp3) is 0.273. The molecule has 0 radical (unpaired) electrons. The molecule has 0 unspecified atom stereocenters. The number of ether oxygens (including phenoxy) is 1. The third-order valence-corrected chi connectivity index (χ3v) is 5.27. The van der Waals surface area contributed by atoms with Crippen LogP contribution in [0.5, 0.6) is 5.75 Å². The molecule has 0 saturated carbocycles. The van der Waals surface area contributed by atoms with Crippen molar-refractivity contribution in [2.75, 3.05) is 12.4 Å². The summed E-state index contributed by atoms with van der Waals surface area (Å²) in [6.07, 6.45) is -3.66. The molecule has 0 fully saturated rings. The smallest absolute Gasteiger partial charge is 0.405 e. The molecule has 1 amide bonds. The van der Waals surface area contributed by atoms with Gasteiger partial charge in [0, 0.05) is 17.5 Å². The van der Waals surface area contributed by atoms with Gasteiger partial charge < -0.3 is 15.4 Å². The molecule has 2 aromatic heterocycles.